The zero-order chi connectivity index (χ0) is 10.7. The molecule has 0 fully saturated rings. The largest absolute Gasteiger partial charge is 0.249 e. The van der Waals surface area contributed by atoms with Crippen LogP contribution in [0.3, 0.4) is 0 Å². The third-order valence-electron chi connectivity index (χ3n) is 2.14. The van der Waals surface area contributed by atoms with Crippen molar-refractivity contribution in [3.05, 3.63) is 39.3 Å². The summed E-state index contributed by atoms with van der Waals surface area (Å²) in [5.74, 6) is 0. The monoisotopic (exact) mass is 239 g/mol. The quantitative estimate of drug-likeness (QED) is 0.774. The highest BCUT2D eigenvalue weighted by molar-refractivity contribution is 7.09. The maximum Gasteiger partial charge on any atom is 0.135 e. The molecule has 2 rings (SSSR count). The molecule has 0 saturated heterocycles. The highest BCUT2D eigenvalue weighted by atomic mass is 35.5. The minimum Gasteiger partial charge on any atom is -0.249 e. The standard InChI is InChI=1S/C10H10ClN3S/c1-2-7-8(13-6-14-10(7)11)5-9-12-3-4-15-9/h3-4,6H,2,5H2,1H3. The van der Waals surface area contributed by atoms with Crippen LogP contribution >= 0.6 is 22.9 Å². The topological polar surface area (TPSA) is 38.7 Å². The molecular formula is C10H10ClN3S. The van der Waals surface area contributed by atoms with E-state index in [2.05, 4.69) is 21.9 Å². The lowest BCUT2D eigenvalue weighted by Crippen LogP contribution is -2.00. The Bertz CT molecular complexity index is 442. The Labute approximate surface area is 97.2 Å². The third-order valence-corrected chi connectivity index (χ3v) is 3.24. The minimum absolute atomic E-state index is 0.555. The Hall–Kier alpha value is -1.000. The Morgan fingerprint density at radius 3 is 2.87 bits per heavy atom. The summed E-state index contributed by atoms with van der Waals surface area (Å²) in [5, 5.41) is 3.57. The molecule has 2 heterocycles. The molecule has 0 saturated carbocycles. The molecule has 0 amide bonds. The van der Waals surface area contributed by atoms with Gasteiger partial charge in [-0.1, -0.05) is 18.5 Å². The molecule has 0 aromatic carbocycles. The van der Waals surface area contributed by atoms with Gasteiger partial charge >= 0.3 is 0 Å². The summed E-state index contributed by atoms with van der Waals surface area (Å²) in [6, 6.07) is 0. The van der Waals surface area contributed by atoms with E-state index in [1.165, 1.54) is 6.33 Å². The van der Waals surface area contributed by atoms with Crippen LogP contribution in [-0.2, 0) is 12.8 Å². The van der Waals surface area contributed by atoms with Crippen LogP contribution in [0.5, 0.6) is 0 Å². The van der Waals surface area contributed by atoms with Gasteiger partial charge in [-0.15, -0.1) is 11.3 Å². The average Bonchev–Trinajstić information content (AvgIpc) is 2.71. The van der Waals surface area contributed by atoms with Crippen LogP contribution < -0.4 is 0 Å². The molecule has 0 aliphatic carbocycles. The number of aromatic nitrogens is 3. The number of nitrogens with zero attached hydrogens (tertiary/aromatic N) is 3. The molecule has 2 aromatic heterocycles. The molecule has 0 atom stereocenters. The lowest BCUT2D eigenvalue weighted by atomic mass is 10.1. The molecule has 3 nitrogen and oxygen atoms in total. The summed E-state index contributed by atoms with van der Waals surface area (Å²) >= 11 is 7.63. The molecule has 0 radical (unpaired) electrons. The minimum atomic E-state index is 0.555. The summed E-state index contributed by atoms with van der Waals surface area (Å²) in [4.78, 5) is 12.5. The van der Waals surface area contributed by atoms with Crippen LogP contribution in [-0.4, -0.2) is 15.0 Å². The van der Waals surface area contributed by atoms with Crippen molar-refractivity contribution < 1.29 is 0 Å². The first-order chi connectivity index (χ1) is 7.31. The van der Waals surface area contributed by atoms with E-state index in [1.54, 1.807) is 17.5 Å². The van der Waals surface area contributed by atoms with E-state index < -0.39 is 0 Å². The molecule has 0 spiro atoms. The molecule has 78 valence electrons. The van der Waals surface area contributed by atoms with Crippen molar-refractivity contribution in [3.8, 4) is 0 Å². The molecule has 5 heteroatoms. The second-order valence-corrected chi connectivity index (χ2v) is 4.38. The van der Waals surface area contributed by atoms with E-state index in [9.17, 15) is 0 Å². The van der Waals surface area contributed by atoms with Crippen molar-refractivity contribution >= 4 is 22.9 Å². The predicted molar refractivity (Wildman–Crippen MR) is 61.3 cm³/mol. The number of rotatable bonds is 3. The highest BCUT2D eigenvalue weighted by Gasteiger charge is 2.09. The third kappa shape index (κ3) is 2.33. The van der Waals surface area contributed by atoms with Gasteiger partial charge in [-0.3, -0.25) is 0 Å². The molecule has 0 unspecified atom stereocenters. The van der Waals surface area contributed by atoms with Crippen molar-refractivity contribution in [2.24, 2.45) is 0 Å². The Morgan fingerprint density at radius 2 is 2.20 bits per heavy atom. The SMILES string of the molecule is CCc1c(Cl)ncnc1Cc1nccs1. The van der Waals surface area contributed by atoms with Gasteiger partial charge in [0.1, 0.15) is 11.5 Å². The fourth-order valence-electron chi connectivity index (χ4n) is 1.41. The second-order valence-electron chi connectivity index (χ2n) is 3.05. The molecule has 0 aliphatic rings. The van der Waals surface area contributed by atoms with Crippen molar-refractivity contribution in [2.45, 2.75) is 19.8 Å². The van der Waals surface area contributed by atoms with Crippen LogP contribution in [0.15, 0.2) is 17.9 Å². The summed E-state index contributed by atoms with van der Waals surface area (Å²) in [6.45, 7) is 2.05. The number of thiazole rings is 1. The van der Waals surface area contributed by atoms with Crippen LogP contribution in [0.1, 0.15) is 23.2 Å². The fourth-order valence-corrected chi connectivity index (χ4v) is 2.32. The first-order valence-electron chi connectivity index (χ1n) is 4.68. The van der Waals surface area contributed by atoms with Gasteiger partial charge in [0.15, 0.2) is 0 Å². The van der Waals surface area contributed by atoms with Gasteiger partial charge in [0.25, 0.3) is 0 Å². The van der Waals surface area contributed by atoms with Gasteiger partial charge in [0.2, 0.25) is 0 Å². The van der Waals surface area contributed by atoms with Crippen LogP contribution in [0.25, 0.3) is 0 Å². The van der Waals surface area contributed by atoms with Gasteiger partial charge < -0.3 is 0 Å². The van der Waals surface area contributed by atoms with E-state index in [-0.39, 0.29) is 0 Å². The maximum absolute atomic E-state index is 6.00. The van der Waals surface area contributed by atoms with Gasteiger partial charge in [-0.25, -0.2) is 15.0 Å². The van der Waals surface area contributed by atoms with Crippen molar-refractivity contribution in [1.82, 2.24) is 15.0 Å². The van der Waals surface area contributed by atoms with Gasteiger partial charge in [-0.05, 0) is 6.42 Å². The average molecular weight is 240 g/mol. The molecule has 0 bridgehead atoms. The van der Waals surface area contributed by atoms with E-state index in [1.807, 2.05) is 5.38 Å². The highest BCUT2D eigenvalue weighted by Crippen LogP contribution is 2.19. The number of halogens is 1. The van der Waals surface area contributed by atoms with Crippen molar-refractivity contribution in [1.29, 1.82) is 0 Å². The number of hydrogen-bond acceptors (Lipinski definition) is 4. The second kappa shape index (κ2) is 4.68. The van der Waals surface area contributed by atoms with E-state index in [0.717, 1.165) is 29.1 Å². The summed E-state index contributed by atoms with van der Waals surface area (Å²) in [6.07, 6.45) is 4.89. The smallest absolute Gasteiger partial charge is 0.135 e. The van der Waals surface area contributed by atoms with E-state index in [4.69, 9.17) is 11.6 Å². The summed E-state index contributed by atoms with van der Waals surface area (Å²) in [7, 11) is 0. The van der Waals surface area contributed by atoms with Gasteiger partial charge in [0, 0.05) is 23.6 Å². The fraction of sp³-hybridized carbons (Fsp3) is 0.300. The van der Waals surface area contributed by atoms with Crippen LogP contribution in [0.2, 0.25) is 5.15 Å². The summed E-state index contributed by atoms with van der Waals surface area (Å²) < 4.78 is 0. The predicted octanol–water partition coefficient (Wildman–Crippen LogP) is 2.74. The summed E-state index contributed by atoms with van der Waals surface area (Å²) in [5.41, 5.74) is 2.00. The molecule has 0 N–H and O–H groups in total. The lowest BCUT2D eigenvalue weighted by Gasteiger charge is -2.05. The Kier molecular flexibility index (Phi) is 3.28. The first-order valence-corrected chi connectivity index (χ1v) is 5.93. The normalized spacial score (nSPS) is 10.5. The van der Waals surface area contributed by atoms with Crippen molar-refractivity contribution in [2.75, 3.05) is 0 Å². The van der Waals surface area contributed by atoms with Crippen molar-refractivity contribution in [3.63, 3.8) is 0 Å². The zero-order valence-corrected chi connectivity index (χ0v) is 9.85. The first kappa shape index (κ1) is 10.5. The van der Waals surface area contributed by atoms with Crippen LogP contribution in [0, 0.1) is 0 Å². The number of hydrogen-bond donors (Lipinski definition) is 0. The molecule has 0 aliphatic heterocycles. The molecular weight excluding hydrogens is 230 g/mol. The molecule has 2 aromatic rings. The van der Waals surface area contributed by atoms with Gasteiger partial charge in [-0.2, -0.15) is 0 Å². The Morgan fingerprint density at radius 1 is 1.33 bits per heavy atom. The zero-order valence-electron chi connectivity index (χ0n) is 8.27. The van der Waals surface area contributed by atoms with Crippen LogP contribution in [0.4, 0.5) is 0 Å². The molecule has 15 heavy (non-hydrogen) atoms. The van der Waals surface area contributed by atoms with Gasteiger partial charge in [0.05, 0.1) is 10.7 Å². The maximum atomic E-state index is 6.00. The van der Waals surface area contributed by atoms with E-state index in [0.29, 0.717) is 5.15 Å². The van der Waals surface area contributed by atoms with E-state index >= 15 is 0 Å². The Balaban J connectivity index is 2.32. The lowest BCUT2D eigenvalue weighted by molar-refractivity contribution is 0.943.